The van der Waals surface area contributed by atoms with E-state index in [1.54, 1.807) is 6.92 Å². The molecule has 0 rings (SSSR count). The number of carboxylic acid groups (broad SMARTS) is 1. The molecule has 4 heteroatoms. The standard InChI is InChI=1S/C5H11NO3/c1-3(9-2)4(6)5(7)8/h3-4H,6H2,1-2H3,(H,7,8)/t3-,4+/m0/s1. The molecule has 0 bridgehead atoms. The van der Waals surface area contributed by atoms with Crippen LogP contribution in [0.2, 0.25) is 0 Å². The summed E-state index contributed by atoms with van der Waals surface area (Å²) in [6.45, 7) is 1.61. The maximum Gasteiger partial charge on any atom is 0.323 e. The lowest BCUT2D eigenvalue weighted by molar-refractivity contribution is -0.141. The third-order valence-corrected chi connectivity index (χ3v) is 1.16. The molecule has 54 valence electrons. The number of hydrogen-bond donors (Lipinski definition) is 2. The topological polar surface area (TPSA) is 72.5 Å². The molecule has 3 N–H and O–H groups in total. The van der Waals surface area contributed by atoms with E-state index >= 15 is 0 Å². The van der Waals surface area contributed by atoms with Gasteiger partial charge in [-0.25, -0.2) is 0 Å². The minimum atomic E-state index is -1.04. The van der Waals surface area contributed by atoms with Gasteiger partial charge in [0, 0.05) is 7.11 Å². The summed E-state index contributed by atoms with van der Waals surface area (Å²) in [6, 6.07) is -0.921. The molecule has 0 unspecified atom stereocenters. The second-order valence-electron chi connectivity index (χ2n) is 1.80. The quantitative estimate of drug-likeness (QED) is 0.541. The third kappa shape index (κ3) is 2.43. The van der Waals surface area contributed by atoms with E-state index in [2.05, 4.69) is 4.74 Å². The molecule has 0 saturated heterocycles. The van der Waals surface area contributed by atoms with E-state index < -0.39 is 18.1 Å². The van der Waals surface area contributed by atoms with Gasteiger partial charge >= 0.3 is 5.97 Å². The van der Waals surface area contributed by atoms with Crippen molar-refractivity contribution in [1.29, 1.82) is 0 Å². The Morgan fingerprint density at radius 1 is 1.78 bits per heavy atom. The summed E-state index contributed by atoms with van der Waals surface area (Å²) in [4.78, 5) is 10.1. The maximum absolute atomic E-state index is 10.1. The number of hydrogen-bond acceptors (Lipinski definition) is 3. The van der Waals surface area contributed by atoms with Gasteiger partial charge in [0.2, 0.25) is 0 Å². The van der Waals surface area contributed by atoms with Crippen molar-refractivity contribution in [2.24, 2.45) is 5.73 Å². The zero-order valence-corrected chi connectivity index (χ0v) is 5.50. The van der Waals surface area contributed by atoms with Crippen molar-refractivity contribution in [1.82, 2.24) is 0 Å². The Bertz CT molecular complexity index is 104. The molecule has 0 aromatic carbocycles. The first-order valence-corrected chi connectivity index (χ1v) is 2.60. The molecule has 0 fully saturated rings. The van der Waals surface area contributed by atoms with E-state index in [4.69, 9.17) is 10.8 Å². The number of methoxy groups -OCH3 is 1. The molecule has 0 heterocycles. The number of rotatable bonds is 3. The summed E-state index contributed by atoms with van der Waals surface area (Å²) in [6.07, 6.45) is -0.428. The van der Waals surface area contributed by atoms with Gasteiger partial charge in [0.15, 0.2) is 0 Å². The van der Waals surface area contributed by atoms with Crippen LogP contribution in [0.5, 0.6) is 0 Å². The minimum Gasteiger partial charge on any atom is -0.480 e. The Labute approximate surface area is 53.6 Å². The van der Waals surface area contributed by atoms with E-state index in [-0.39, 0.29) is 0 Å². The van der Waals surface area contributed by atoms with Crippen LogP contribution in [-0.4, -0.2) is 30.3 Å². The predicted octanol–water partition coefficient (Wildman–Crippen LogP) is -0.567. The molecular weight excluding hydrogens is 122 g/mol. The van der Waals surface area contributed by atoms with E-state index in [0.717, 1.165) is 0 Å². The summed E-state index contributed by atoms with van der Waals surface area (Å²) >= 11 is 0. The monoisotopic (exact) mass is 133 g/mol. The SMILES string of the molecule is CO[C@@H](C)[C@@H](N)C(=O)O. The predicted molar refractivity (Wildman–Crippen MR) is 32.1 cm³/mol. The smallest absolute Gasteiger partial charge is 0.323 e. The van der Waals surface area contributed by atoms with Crippen LogP contribution >= 0.6 is 0 Å². The zero-order valence-electron chi connectivity index (χ0n) is 5.50. The minimum absolute atomic E-state index is 0.428. The van der Waals surface area contributed by atoms with Crippen LogP contribution in [0.1, 0.15) is 6.92 Å². The summed E-state index contributed by atoms with van der Waals surface area (Å²) in [5, 5.41) is 8.28. The average Bonchev–Trinajstić information content (AvgIpc) is 1.84. The highest BCUT2D eigenvalue weighted by Gasteiger charge is 2.18. The summed E-state index contributed by atoms with van der Waals surface area (Å²) in [5.41, 5.74) is 5.15. The Morgan fingerprint density at radius 3 is 2.33 bits per heavy atom. The normalized spacial score (nSPS) is 16.8. The van der Waals surface area contributed by atoms with Crippen molar-refractivity contribution in [3.05, 3.63) is 0 Å². The Hall–Kier alpha value is -0.610. The van der Waals surface area contributed by atoms with Gasteiger partial charge < -0.3 is 15.6 Å². The third-order valence-electron chi connectivity index (χ3n) is 1.16. The molecule has 0 spiro atoms. The van der Waals surface area contributed by atoms with Crippen molar-refractivity contribution in [2.75, 3.05) is 7.11 Å². The fourth-order valence-electron chi connectivity index (χ4n) is 0.347. The molecule has 0 amide bonds. The number of carbonyl (C=O) groups is 1. The molecule has 0 aliphatic rings. The number of carboxylic acids is 1. The molecule has 0 aliphatic heterocycles. The van der Waals surface area contributed by atoms with Crippen molar-refractivity contribution in [2.45, 2.75) is 19.1 Å². The number of ether oxygens (including phenoxy) is 1. The zero-order chi connectivity index (χ0) is 7.44. The van der Waals surface area contributed by atoms with Gasteiger partial charge in [-0.15, -0.1) is 0 Å². The van der Waals surface area contributed by atoms with Crippen molar-refractivity contribution in [3.8, 4) is 0 Å². The van der Waals surface area contributed by atoms with Gasteiger partial charge in [-0.2, -0.15) is 0 Å². The lowest BCUT2D eigenvalue weighted by atomic mass is 10.2. The molecule has 9 heavy (non-hydrogen) atoms. The van der Waals surface area contributed by atoms with E-state index in [0.29, 0.717) is 0 Å². The summed E-state index contributed by atoms with van der Waals surface area (Å²) < 4.78 is 4.67. The molecule has 0 aromatic rings. The molecule has 0 saturated carbocycles. The van der Waals surface area contributed by atoms with Crippen molar-refractivity contribution in [3.63, 3.8) is 0 Å². The fraction of sp³-hybridized carbons (Fsp3) is 0.800. The second-order valence-corrected chi connectivity index (χ2v) is 1.80. The average molecular weight is 133 g/mol. The van der Waals surface area contributed by atoms with Crippen LogP contribution < -0.4 is 5.73 Å². The number of aliphatic carboxylic acids is 1. The first-order valence-electron chi connectivity index (χ1n) is 2.60. The first kappa shape index (κ1) is 8.39. The van der Waals surface area contributed by atoms with Gasteiger partial charge in [-0.3, -0.25) is 4.79 Å². The molecule has 0 radical (unpaired) electrons. The highest BCUT2D eigenvalue weighted by molar-refractivity contribution is 5.73. The van der Waals surface area contributed by atoms with Crippen LogP contribution in [0, 0.1) is 0 Å². The fourth-order valence-corrected chi connectivity index (χ4v) is 0.347. The van der Waals surface area contributed by atoms with Gasteiger partial charge in [0.05, 0.1) is 6.10 Å². The van der Waals surface area contributed by atoms with Crippen LogP contribution in [0.25, 0.3) is 0 Å². The second kappa shape index (κ2) is 3.42. The van der Waals surface area contributed by atoms with Crippen LogP contribution in [-0.2, 0) is 9.53 Å². The van der Waals surface area contributed by atoms with Crippen molar-refractivity contribution >= 4 is 5.97 Å². The Morgan fingerprint density at radius 2 is 2.22 bits per heavy atom. The maximum atomic E-state index is 10.1. The molecule has 4 nitrogen and oxygen atoms in total. The molecule has 0 aliphatic carbocycles. The van der Waals surface area contributed by atoms with Crippen LogP contribution in [0.3, 0.4) is 0 Å². The highest BCUT2D eigenvalue weighted by atomic mass is 16.5. The van der Waals surface area contributed by atoms with Crippen LogP contribution in [0.15, 0.2) is 0 Å². The van der Waals surface area contributed by atoms with Gasteiger partial charge in [0.25, 0.3) is 0 Å². The Balaban J connectivity index is 3.72. The van der Waals surface area contributed by atoms with Crippen LogP contribution in [0.4, 0.5) is 0 Å². The highest BCUT2D eigenvalue weighted by Crippen LogP contribution is 1.92. The molecule has 0 aromatic heterocycles. The van der Waals surface area contributed by atoms with Gasteiger partial charge in [-0.1, -0.05) is 0 Å². The molecule has 2 atom stereocenters. The largest absolute Gasteiger partial charge is 0.480 e. The molecular formula is C5H11NO3. The summed E-state index contributed by atoms with van der Waals surface area (Å²) in [5.74, 6) is -1.04. The van der Waals surface area contributed by atoms with E-state index in [1.807, 2.05) is 0 Å². The van der Waals surface area contributed by atoms with Gasteiger partial charge in [-0.05, 0) is 6.92 Å². The van der Waals surface area contributed by atoms with E-state index in [1.165, 1.54) is 7.11 Å². The Kier molecular flexibility index (Phi) is 3.19. The lowest BCUT2D eigenvalue weighted by Crippen LogP contribution is -2.40. The van der Waals surface area contributed by atoms with Crippen molar-refractivity contribution < 1.29 is 14.6 Å². The lowest BCUT2D eigenvalue weighted by Gasteiger charge is -2.12. The summed E-state index contributed by atoms with van der Waals surface area (Å²) in [7, 11) is 1.42. The van der Waals surface area contributed by atoms with Gasteiger partial charge in [0.1, 0.15) is 6.04 Å². The number of nitrogens with two attached hydrogens (primary N) is 1. The first-order chi connectivity index (χ1) is 4.09. The van der Waals surface area contributed by atoms with E-state index in [9.17, 15) is 4.79 Å².